The maximum atomic E-state index is 12.1. The van der Waals surface area contributed by atoms with Crippen LogP contribution in [-0.4, -0.2) is 18.5 Å². The topological polar surface area (TPSA) is 55.1 Å². The van der Waals surface area contributed by atoms with Gasteiger partial charge in [-0.1, -0.05) is 33.6 Å². The van der Waals surface area contributed by atoms with Crippen LogP contribution < -0.4 is 11.1 Å². The molecular weight excluding hydrogens is 212 g/mol. The Morgan fingerprint density at radius 1 is 1.47 bits per heavy atom. The molecule has 3 nitrogen and oxygen atoms in total. The third-order valence-corrected chi connectivity index (χ3v) is 4.11. The minimum absolute atomic E-state index is 0.0938. The van der Waals surface area contributed by atoms with Crippen LogP contribution >= 0.6 is 0 Å². The average molecular weight is 240 g/mol. The molecule has 2 unspecified atom stereocenters. The molecule has 0 saturated heterocycles. The van der Waals surface area contributed by atoms with E-state index in [9.17, 15) is 4.79 Å². The van der Waals surface area contributed by atoms with Gasteiger partial charge in [0.2, 0.25) is 5.91 Å². The molecule has 0 aromatic rings. The Kier molecular flexibility index (Phi) is 5.44. The number of nitrogens with two attached hydrogens (primary N) is 1. The quantitative estimate of drug-likeness (QED) is 0.775. The van der Waals surface area contributed by atoms with Gasteiger partial charge in [-0.15, -0.1) is 0 Å². The second-order valence-corrected chi connectivity index (χ2v) is 6.13. The lowest BCUT2D eigenvalue weighted by molar-refractivity contribution is -0.126. The van der Waals surface area contributed by atoms with Gasteiger partial charge in [0, 0.05) is 12.0 Å². The fraction of sp³-hybridized carbons (Fsp3) is 0.929. The van der Waals surface area contributed by atoms with Gasteiger partial charge in [0.1, 0.15) is 0 Å². The third kappa shape index (κ3) is 4.30. The summed E-state index contributed by atoms with van der Waals surface area (Å²) >= 11 is 0. The molecule has 0 spiro atoms. The van der Waals surface area contributed by atoms with Gasteiger partial charge >= 0.3 is 0 Å². The van der Waals surface area contributed by atoms with Gasteiger partial charge in [0.05, 0.1) is 0 Å². The van der Waals surface area contributed by atoms with Crippen LogP contribution in [-0.2, 0) is 4.79 Å². The molecular formula is C14H28N2O. The fourth-order valence-corrected chi connectivity index (χ4v) is 2.63. The van der Waals surface area contributed by atoms with E-state index in [0.29, 0.717) is 12.6 Å². The molecule has 0 aliphatic heterocycles. The van der Waals surface area contributed by atoms with Crippen molar-refractivity contribution in [2.75, 3.05) is 6.54 Å². The molecule has 0 bridgehead atoms. The molecule has 1 aliphatic rings. The van der Waals surface area contributed by atoms with Crippen molar-refractivity contribution in [2.24, 2.45) is 17.1 Å². The Hall–Kier alpha value is -0.570. The van der Waals surface area contributed by atoms with Crippen LogP contribution in [0.3, 0.4) is 0 Å². The first kappa shape index (κ1) is 14.5. The van der Waals surface area contributed by atoms with Crippen LogP contribution in [0.5, 0.6) is 0 Å². The number of carbonyl (C=O) groups excluding carboxylic acids is 1. The number of hydrogen-bond acceptors (Lipinski definition) is 2. The standard InChI is InChI=1S/C14H28N2O/c1-11(7-6-10-15)13(17)16-12-8-4-5-9-14(12,2)3/h11-12H,4-10,15H2,1-3H3,(H,16,17). The van der Waals surface area contributed by atoms with E-state index < -0.39 is 0 Å². The number of rotatable bonds is 5. The van der Waals surface area contributed by atoms with Crippen molar-refractivity contribution < 1.29 is 4.79 Å². The summed E-state index contributed by atoms with van der Waals surface area (Å²) in [6.45, 7) is 7.21. The van der Waals surface area contributed by atoms with E-state index in [4.69, 9.17) is 5.73 Å². The Bertz CT molecular complexity index is 251. The van der Waals surface area contributed by atoms with Crippen molar-refractivity contribution in [2.45, 2.75) is 65.3 Å². The molecule has 1 amide bonds. The zero-order valence-corrected chi connectivity index (χ0v) is 11.6. The molecule has 1 saturated carbocycles. The summed E-state index contributed by atoms with van der Waals surface area (Å²) < 4.78 is 0. The van der Waals surface area contributed by atoms with Crippen molar-refractivity contribution in [1.82, 2.24) is 5.32 Å². The molecule has 3 heteroatoms. The van der Waals surface area contributed by atoms with E-state index in [-0.39, 0.29) is 17.2 Å². The molecule has 1 fully saturated rings. The third-order valence-electron chi connectivity index (χ3n) is 4.11. The highest BCUT2D eigenvalue weighted by Gasteiger charge is 2.33. The summed E-state index contributed by atoms with van der Waals surface area (Å²) in [5, 5.41) is 3.24. The number of nitrogens with one attached hydrogen (secondary N) is 1. The lowest BCUT2D eigenvalue weighted by Crippen LogP contribution is -2.48. The molecule has 0 aromatic heterocycles. The van der Waals surface area contributed by atoms with E-state index in [1.54, 1.807) is 0 Å². The van der Waals surface area contributed by atoms with Crippen LogP contribution in [0.2, 0.25) is 0 Å². The number of amides is 1. The summed E-state index contributed by atoms with van der Waals surface area (Å²) in [4.78, 5) is 12.1. The molecule has 17 heavy (non-hydrogen) atoms. The lowest BCUT2D eigenvalue weighted by atomic mass is 9.73. The lowest BCUT2D eigenvalue weighted by Gasteiger charge is -2.39. The van der Waals surface area contributed by atoms with Crippen molar-refractivity contribution >= 4 is 5.91 Å². The Morgan fingerprint density at radius 2 is 2.18 bits per heavy atom. The van der Waals surface area contributed by atoms with Crippen LogP contribution in [0.4, 0.5) is 0 Å². The highest BCUT2D eigenvalue weighted by molar-refractivity contribution is 5.78. The molecule has 3 N–H and O–H groups in total. The van der Waals surface area contributed by atoms with Crippen LogP contribution in [0.1, 0.15) is 59.3 Å². The zero-order valence-electron chi connectivity index (χ0n) is 11.6. The molecule has 1 aliphatic carbocycles. The highest BCUT2D eigenvalue weighted by atomic mass is 16.1. The van der Waals surface area contributed by atoms with Crippen molar-refractivity contribution in [1.29, 1.82) is 0 Å². The highest BCUT2D eigenvalue weighted by Crippen LogP contribution is 2.35. The van der Waals surface area contributed by atoms with Gasteiger partial charge < -0.3 is 11.1 Å². The van der Waals surface area contributed by atoms with Crippen molar-refractivity contribution in [3.63, 3.8) is 0 Å². The first-order valence-electron chi connectivity index (χ1n) is 6.98. The Balaban J connectivity index is 2.43. The van der Waals surface area contributed by atoms with Gasteiger partial charge in [-0.3, -0.25) is 4.79 Å². The van der Waals surface area contributed by atoms with Gasteiger partial charge in [0.15, 0.2) is 0 Å². The average Bonchev–Trinajstić information content (AvgIpc) is 2.28. The van der Waals surface area contributed by atoms with E-state index in [0.717, 1.165) is 19.3 Å². The summed E-state index contributed by atoms with van der Waals surface area (Å²) in [7, 11) is 0. The molecule has 100 valence electrons. The van der Waals surface area contributed by atoms with Crippen molar-refractivity contribution in [3.8, 4) is 0 Å². The van der Waals surface area contributed by atoms with Gasteiger partial charge in [-0.2, -0.15) is 0 Å². The Morgan fingerprint density at radius 3 is 2.76 bits per heavy atom. The first-order chi connectivity index (χ1) is 7.97. The molecule has 2 atom stereocenters. The first-order valence-corrected chi connectivity index (χ1v) is 6.98. The SMILES string of the molecule is CC(CCCN)C(=O)NC1CCCCC1(C)C. The predicted molar refractivity (Wildman–Crippen MR) is 71.6 cm³/mol. The summed E-state index contributed by atoms with van der Waals surface area (Å²) in [5.41, 5.74) is 5.72. The second-order valence-electron chi connectivity index (χ2n) is 6.13. The molecule has 0 heterocycles. The predicted octanol–water partition coefficient (Wildman–Crippen LogP) is 2.45. The molecule has 0 radical (unpaired) electrons. The normalized spacial score (nSPS) is 25.3. The minimum atomic E-state index is 0.0938. The van der Waals surface area contributed by atoms with Crippen LogP contribution in [0, 0.1) is 11.3 Å². The monoisotopic (exact) mass is 240 g/mol. The van der Waals surface area contributed by atoms with Crippen LogP contribution in [0.25, 0.3) is 0 Å². The van der Waals surface area contributed by atoms with Crippen molar-refractivity contribution in [3.05, 3.63) is 0 Å². The number of hydrogen-bond donors (Lipinski definition) is 2. The Labute approximate surface area is 106 Å². The largest absolute Gasteiger partial charge is 0.353 e. The van der Waals surface area contributed by atoms with Gasteiger partial charge in [-0.05, 0) is 37.6 Å². The van der Waals surface area contributed by atoms with Gasteiger partial charge in [-0.25, -0.2) is 0 Å². The summed E-state index contributed by atoms with van der Waals surface area (Å²) in [6.07, 6.45) is 6.71. The summed E-state index contributed by atoms with van der Waals surface area (Å²) in [5.74, 6) is 0.301. The minimum Gasteiger partial charge on any atom is -0.353 e. The van der Waals surface area contributed by atoms with E-state index >= 15 is 0 Å². The van der Waals surface area contributed by atoms with Crippen LogP contribution in [0.15, 0.2) is 0 Å². The fourth-order valence-electron chi connectivity index (χ4n) is 2.63. The second kappa shape index (κ2) is 6.39. The summed E-state index contributed by atoms with van der Waals surface area (Å²) in [6, 6.07) is 0.351. The maximum Gasteiger partial charge on any atom is 0.223 e. The number of carbonyl (C=O) groups is 1. The van der Waals surface area contributed by atoms with E-state index in [1.807, 2.05) is 6.92 Å². The zero-order chi connectivity index (χ0) is 12.9. The molecule has 1 rings (SSSR count). The molecule has 0 aromatic carbocycles. The van der Waals surface area contributed by atoms with E-state index in [1.165, 1.54) is 19.3 Å². The van der Waals surface area contributed by atoms with E-state index in [2.05, 4.69) is 19.2 Å². The smallest absolute Gasteiger partial charge is 0.223 e. The van der Waals surface area contributed by atoms with Gasteiger partial charge in [0.25, 0.3) is 0 Å². The maximum absolute atomic E-state index is 12.1.